The highest BCUT2D eigenvalue weighted by Crippen LogP contribution is 2.15. The minimum absolute atomic E-state index is 0.293. The highest BCUT2D eigenvalue weighted by Gasteiger charge is 2.06. The number of carboxylic acids is 1. The zero-order valence-corrected chi connectivity index (χ0v) is 7.70. The van der Waals surface area contributed by atoms with E-state index >= 15 is 0 Å². The quantitative estimate of drug-likeness (QED) is 0.634. The molecule has 0 fully saturated rings. The molecular weight excluding hydrogens is 257 g/mol. The van der Waals surface area contributed by atoms with Crippen LogP contribution < -0.4 is 3.53 Å². The largest absolute Gasteiger partial charge is 0.478 e. The van der Waals surface area contributed by atoms with Gasteiger partial charge in [0.15, 0.2) is 0 Å². The highest BCUT2D eigenvalue weighted by atomic mass is 127. The summed E-state index contributed by atoms with van der Waals surface area (Å²) in [4.78, 5) is 10.5. The molecule has 0 spiro atoms. The molecule has 58 valence electrons. The molecule has 1 rings (SSSR count). The van der Waals surface area contributed by atoms with Gasteiger partial charge in [0, 0.05) is 0 Å². The van der Waals surface area contributed by atoms with Crippen molar-refractivity contribution in [2.24, 2.45) is 0 Å². The van der Waals surface area contributed by atoms with Gasteiger partial charge in [-0.3, -0.25) is 0 Å². The fourth-order valence-corrected chi connectivity index (χ4v) is 1.22. The molecule has 0 amide bonds. The van der Waals surface area contributed by atoms with Crippen LogP contribution in [-0.4, -0.2) is 11.1 Å². The predicted octanol–water partition coefficient (Wildman–Crippen LogP) is 2.15. The SMILES string of the molecule is O=C(O)c1ccccc1NI. The van der Waals surface area contributed by atoms with Gasteiger partial charge in [-0.1, -0.05) is 12.1 Å². The van der Waals surface area contributed by atoms with E-state index in [2.05, 4.69) is 3.53 Å². The summed E-state index contributed by atoms with van der Waals surface area (Å²) in [6.07, 6.45) is 0. The molecule has 3 nitrogen and oxygen atoms in total. The van der Waals surface area contributed by atoms with E-state index in [-0.39, 0.29) is 0 Å². The molecule has 0 unspecified atom stereocenters. The van der Waals surface area contributed by atoms with Crippen molar-refractivity contribution in [3.63, 3.8) is 0 Å². The molecule has 0 bridgehead atoms. The minimum Gasteiger partial charge on any atom is -0.478 e. The van der Waals surface area contributed by atoms with Crippen LogP contribution in [0.15, 0.2) is 24.3 Å². The number of carbonyl (C=O) groups is 1. The summed E-state index contributed by atoms with van der Waals surface area (Å²) >= 11 is 1.90. The van der Waals surface area contributed by atoms with Gasteiger partial charge in [-0.2, -0.15) is 0 Å². The van der Waals surface area contributed by atoms with E-state index in [4.69, 9.17) is 5.11 Å². The van der Waals surface area contributed by atoms with Gasteiger partial charge >= 0.3 is 5.97 Å². The van der Waals surface area contributed by atoms with E-state index in [9.17, 15) is 4.79 Å². The van der Waals surface area contributed by atoms with Crippen LogP contribution in [0.2, 0.25) is 0 Å². The van der Waals surface area contributed by atoms with Crippen LogP contribution in [0.4, 0.5) is 5.69 Å². The molecule has 0 radical (unpaired) electrons. The lowest BCUT2D eigenvalue weighted by molar-refractivity contribution is 0.0698. The summed E-state index contributed by atoms with van der Waals surface area (Å²) in [5, 5.41) is 8.65. The number of benzene rings is 1. The molecule has 0 aliphatic carbocycles. The number of halogens is 1. The van der Waals surface area contributed by atoms with E-state index in [0.29, 0.717) is 11.3 Å². The Hall–Kier alpha value is -0.780. The van der Waals surface area contributed by atoms with Crippen LogP contribution in [0.3, 0.4) is 0 Å². The number of carboxylic acid groups (broad SMARTS) is 1. The average Bonchev–Trinajstić information content (AvgIpc) is 2.04. The first-order valence-corrected chi connectivity index (χ1v) is 4.02. The molecule has 1 aromatic rings. The van der Waals surface area contributed by atoms with E-state index in [1.165, 1.54) is 0 Å². The number of anilines is 1. The minimum atomic E-state index is -0.912. The zero-order valence-electron chi connectivity index (χ0n) is 5.54. The van der Waals surface area contributed by atoms with E-state index in [0.717, 1.165) is 0 Å². The maximum Gasteiger partial charge on any atom is 0.337 e. The summed E-state index contributed by atoms with van der Waals surface area (Å²) in [5.74, 6) is -0.912. The first-order chi connectivity index (χ1) is 5.25. The number of hydrogen-bond donors (Lipinski definition) is 2. The predicted molar refractivity (Wildman–Crippen MR) is 51.0 cm³/mol. The first-order valence-electron chi connectivity index (χ1n) is 2.94. The Morgan fingerprint density at radius 3 is 2.55 bits per heavy atom. The van der Waals surface area contributed by atoms with Crippen molar-refractivity contribution < 1.29 is 9.90 Å². The Kier molecular flexibility index (Phi) is 2.70. The van der Waals surface area contributed by atoms with Crippen LogP contribution in [0.25, 0.3) is 0 Å². The van der Waals surface area contributed by atoms with Gasteiger partial charge in [0.25, 0.3) is 0 Å². The lowest BCUT2D eigenvalue weighted by Crippen LogP contribution is -1.98. The molecule has 0 aliphatic heterocycles. The summed E-state index contributed by atoms with van der Waals surface area (Å²) in [7, 11) is 0. The second kappa shape index (κ2) is 3.56. The second-order valence-corrected chi connectivity index (χ2v) is 2.48. The number of nitrogens with one attached hydrogen (secondary N) is 1. The van der Waals surface area contributed by atoms with Crippen molar-refractivity contribution in [2.75, 3.05) is 3.53 Å². The van der Waals surface area contributed by atoms with Crippen LogP contribution in [0.1, 0.15) is 10.4 Å². The smallest absolute Gasteiger partial charge is 0.337 e. The summed E-state index contributed by atoms with van der Waals surface area (Å²) in [5.41, 5.74) is 0.919. The van der Waals surface area contributed by atoms with Crippen molar-refractivity contribution in [3.8, 4) is 0 Å². The summed E-state index contributed by atoms with van der Waals surface area (Å²) in [6.45, 7) is 0. The van der Waals surface area contributed by atoms with Crippen molar-refractivity contribution >= 4 is 34.5 Å². The first kappa shape index (κ1) is 8.32. The Morgan fingerprint density at radius 1 is 1.45 bits per heavy atom. The second-order valence-electron chi connectivity index (χ2n) is 1.95. The van der Waals surface area contributed by atoms with E-state index in [1.54, 1.807) is 24.3 Å². The van der Waals surface area contributed by atoms with Crippen molar-refractivity contribution in [1.29, 1.82) is 0 Å². The lowest BCUT2D eigenvalue weighted by Gasteiger charge is -2.01. The third-order valence-electron chi connectivity index (χ3n) is 1.26. The van der Waals surface area contributed by atoms with E-state index in [1.807, 2.05) is 22.9 Å². The van der Waals surface area contributed by atoms with Gasteiger partial charge in [0.1, 0.15) is 0 Å². The Morgan fingerprint density at radius 2 is 2.09 bits per heavy atom. The molecule has 4 heteroatoms. The van der Waals surface area contributed by atoms with Gasteiger partial charge < -0.3 is 8.64 Å². The molecule has 0 heterocycles. The van der Waals surface area contributed by atoms with Gasteiger partial charge in [0.2, 0.25) is 0 Å². The summed E-state index contributed by atoms with van der Waals surface area (Å²) < 4.78 is 2.77. The molecule has 0 aliphatic rings. The third kappa shape index (κ3) is 1.83. The topological polar surface area (TPSA) is 49.3 Å². The molecule has 1 aromatic carbocycles. The summed E-state index contributed by atoms with van der Waals surface area (Å²) in [6, 6.07) is 6.76. The van der Waals surface area contributed by atoms with Crippen molar-refractivity contribution in [2.45, 2.75) is 0 Å². The zero-order chi connectivity index (χ0) is 8.27. The van der Waals surface area contributed by atoms with Gasteiger partial charge in [-0.25, -0.2) is 4.79 Å². The van der Waals surface area contributed by atoms with Crippen molar-refractivity contribution in [3.05, 3.63) is 29.8 Å². The molecular formula is C7H6INO2. The molecule has 0 saturated carbocycles. The normalized spacial score (nSPS) is 9.18. The van der Waals surface area contributed by atoms with Crippen LogP contribution >= 0.6 is 22.9 Å². The molecule has 0 aromatic heterocycles. The van der Waals surface area contributed by atoms with Gasteiger partial charge in [0.05, 0.1) is 34.1 Å². The molecule has 0 saturated heterocycles. The fraction of sp³-hybridized carbons (Fsp3) is 0. The van der Waals surface area contributed by atoms with Crippen LogP contribution in [-0.2, 0) is 0 Å². The number of hydrogen-bond acceptors (Lipinski definition) is 2. The third-order valence-corrected chi connectivity index (χ3v) is 1.84. The Balaban J connectivity index is 3.12. The Labute approximate surface area is 77.9 Å². The molecule has 0 atom stereocenters. The van der Waals surface area contributed by atoms with Gasteiger partial charge in [-0.15, -0.1) is 0 Å². The van der Waals surface area contributed by atoms with Crippen molar-refractivity contribution in [1.82, 2.24) is 0 Å². The van der Waals surface area contributed by atoms with Crippen LogP contribution in [0.5, 0.6) is 0 Å². The average molecular weight is 263 g/mol. The standard InChI is InChI=1S/C7H6INO2/c8-9-6-4-2-1-3-5(6)7(10)11/h1-4,9H,(H,10,11). The Bertz CT molecular complexity index is 275. The monoisotopic (exact) mass is 263 g/mol. The van der Waals surface area contributed by atoms with Crippen LogP contribution in [0, 0.1) is 0 Å². The lowest BCUT2D eigenvalue weighted by atomic mass is 10.2. The number of rotatable bonds is 2. The molecule has 11 heavy (non-hydrogen) atoms. The van der Waals surface area contributed by atoms with E-state index < -0.39 is 5.97 Å². The maximum absolute atomic E-state index is 10.5. The molecule has 2 N–H and O–H groups in total. The number of para-hydroxylation sites is 1. The van der Waals surface area contributed by atoms with Gasteiger partial charge in [-0.05, 0) is 12.1 Å². The fourth-order valence-electron chi connectivity index (χ4n) is 0.752. The number of aromatic carboxylic acids is 1. The maximum atomic E-state index is 10.5. The highest BCUT2D eigenvalue weighted by molar-refractivity contribution is 14.1.